The highest BCUT2D eigenvalue weighted by Gasteiger charge is 2.26. The number of hydrogen-bond donors (Lipinski definition) is 0. The molecule has 0 atom stereocenters. The van der Waals surface area contributed by atoms with Crippen molar-refractivity contribution in [3.8, 4) is 0 Å². The highest BCUT2D eigenvalue weighted by atomic mass is 32.2. The Kier molecular flexibility index (Phi) is 8.79. The lowest BCUT2D eigenvalue weighted by Gasteiger charge is -2.28. The zero-order valence-electron chi connectivity index (χ0n) is 19.8. The Morgan fingerprint density at radius 2 is 1.61 bits per heavy atom. The van der Waals surface area contributed by atoms with Gasteiger partial charge < -0.3 is 14.5 Å². The highest BCUT2D eigenvalue weighted by Crippen LogP contribution is 2.25. The van der Waals surface area contributed by atoms with Crippen molar-refractivity contribution in [3.05, 3.63) is 29.8 Å². The van der Waals surface area contributed by atoms with Crippen LogP contribution in [0, 0.1) is 5.92 Å². The van der Waals surface area contributed by atoms with Crippen LogP contribution in [-0.2, 0) is 26.0 Å². The molecule has 0 unspecified atom stereocenters. The van der Waals surface area contributed by atoms with Gasteiger partial charge in [-0.3, -0.25) is 4.79 Å². The molecule has 3 aliphatic rings. The van der Waals surface area contributed by atoms with Crippen molar-refractivity contribution in [1.82, 2.24) is 14.1 Å². The Balaban J connectivity index is 1.23. The van der Waals surface area contributed by atoms with Crippen molar-refractivity contribution in [2.45, 2.75) is 56.3 Å². The zero-order valence-corrected chi connectivity index (χ0v) is 20.6. The average Bonchev–Trinajstić information content (AvgIpc) is 3.09. The molecule has 1 saturated carbocycles. The first-order valence-corrected chi connectivity index (χ1v) is 14.1. The molecule has 2 aliphatic heterocycles. The topological polar surface area (TPSA) is 70.2 Å². The summed E-state index contributed by atoms with van der Waals surface area (Å²) in [6.07, 6.45) is 9.04. The predicted octanol–water partition coefficient (Wildman–Crippen LogP) is 2.75. The van der Waals surface area contributed by atoms with Crippen LogP contribution in [0.4, 0.5) is 0 Å². The van der Waals surface area contributed by atoms with Gasteiger partial charge in [0.2, 0.25) is 15.9 Å². The fourth-order valence-corrected chi connectivity index (χ4v) is 6.72. The van der Waals surface area contributed by atoms with Gasteiger partial charge >= 0.3 is 0 Å². The van der Waals surface area contributed by atoms with Crippen LogP contribution in [-0.4, -0.2) is 87.5 Å². The molecule has 3 fully saturated rings. The molecule has 7 nitrogen and oxygen atoms in total. The number of benzene rings is 1. The molecule has 1 aliphatic carbocycles. The van der Waals surface area contributed by atoms with Gasteiger partial charge in [-0.25, -0.2) is 8.42 Å². The molecule has 1 aromatic rings. The van der Waals surface area contributed by atoms with Crippen LogP contribution >= 0.6 is 0 Å². The third kappa shape index (κ3) is 6.78. The third-order valence-corrected chi connectivity index (χ3v) is 9.25. The van der Waals surface area contributed by atoms with Crippen LogP contribution in [0.25, 0.3) is 0 Å². The molecule has 8 heteroatoms. The van der Waals surface area contributed by atoms with E-state index in [0.717, 1.165) is 44.1 Å². The number of carbonyl (C=O) groups is 1. The monoisotopic (exact) mass is 477 g/mol. The molecular weight excluding hydrogens is 438 g/mol. The maximum absolute atomic E-state index is 12.8. The Morgan fingerprint density at radius 1 is 0.879 bits per heavy atom. The number of aryl methyl sites for hydroxylation is 1. The van der Waals surface area contributed by atoms with Crippen molar-refractivity contribution in [2.75, 3.05) is 59.0 Å². The molecule has 1 aromatic carbocycles. The minimum Gasteiger partial charge on any atom is -0.379 e. The van der Waals surface area contributed by atoms with Gasteiger partial charge in [0.15, 0.2) is 0 Å². The van der Waals surface area contributed by atoms with Crippen molar-refractivity contribution in [2.24, 2.45) is 5.92 Å². The summed E-state index contributed by atoms with van der Waals surface area (Å²) >= 11 is 0. The van der Waals surface area contributed by atoms with Gasteiger partial charge in [-0.2, -0.15) is 4.31 Å². The number of ether oxygens (including phenoxy) is 1. The Bertz CT molecular complexity index is 862. The van der Waals surface area contributed by atoms with Crippen LogP contribution in [0.3, 0.4) is 0 Å². The minimum atomic E-state index is -3.47. The maximum Gasteiger partial charge on any atom is 0.243 e. The second-order valence-electron chi connectivity index (χ2n) is 9.70. The van der Waals surface area contributed by atoms with Crippen LogP contribution in [0.15, 0.2) is 29.2 Å². The van der Waals surface area contributed by atoms with Gasteiger partial charge in [0.25, 0.3) is 0 Å². The lowest BCUT2D eigenvalue weighted by Crippen LogP contribution is -2.40. The zero-order chi connectivity index (χ0) is 23.1. The Morgan fingerprint density at radius 3 is 2.33 bits per heavy atom. The van der Waals surface area contributed by atoms with Crippen molar-refractivity contribution < 1.29 is 17.9 Å². The van der Waals surface area contributed by atoms with E-state index in [0.29, 0.717) is 44.0 Å². The van der Waals surface area contributed by atoms with Gasteiger partial charge in [-0.1, -0.05) is 31.4 Å². The van der Waals surface area contributed by atoms with Gasteiger partial charge in [0.1, 0.15) is 0 Å². The first-order valence-electron chi connectivity index (χ1n) is 12.7. The number of rotatable bonds is 7. The number of nitrogens with zero attached hydrogens (tertiary/aromatic N) is 3. The number of carbonyl (C=O) groups excluding carboxylic acids is 1. The smallest absolute Gasteiger partial charge is 0.243 e. The molecule has 0 radical (unpaired) electrons. The van der Waals surface area contributed by atoms with Crippen LogP contribution in [0.5, 0.6) is 0 Å². The summed E-state index contributed by atoms with van der Waals surface area (Å²) in [6.45, 7) is 6.61. The molecule has 4 rings (SSSR count). The van der Waals surface area contributed by atoms with Crippen LogP contribution < -0.4 is 0 Å². The predicted molar refractivity (Wildman–Crippen MR) is 129 cm³/mol. The van der Waals surface area contributed by atoms with E-state index in [-0.39, 0.29) is 5.91 Å². The fraction of sp³-hybridized carbons (Fsp3) is 0.720. The second-order valence-corrected chi connectivity index (χ2v) is 11.6. The van der Waals surface area contributed by atoms with Crippen molar-refractivity contribution in [3.63, 3.8) is 0 Å². The first-order chi connectivity index (χ1) is 16.0. The molecule has 0 aromatic heterocycles. The standard InChI is InChI=1S/C25H39N3O4S/c29-25(27-14-4-13-26(15-16-27)21-23-5-2-1-3-6-23)12-9-22-7-10-24(11-8-22)33(30,31)28-17-19-32-20-18-28/h7-8,10-11,23H,1-6,9,12-21H2. The summed E-state index contributed by atoms with van der Waals surface area (Å²) in [5, 5.41) is 0. The van der Waals surface area contributed by atoms with Crippen LogP contribution in [0.2, 0.25) is 0 Å². The van der Waals surface area contributed by atoms with E-state index in [2.05, 4.69) is 4.90 Å². The number of sulfonamides is 1. The average molecular weight is 478 g/mol. The summed E-state index contributed by atoms with van der Waals surface area (Å²) in [6, 6.07) is 7.02. The van der Waals surface area contributed by atoms with E-state index in [9.17, 15) is 13.2 Å². The van der Waals surface area contributed by atoms with Crippen molar-refractivity contribution >= 4 is 15.9 Å². The van der Waals surface area contributed by atoms with Crippen molar-refractivity contribution in [1.29, 1.82) is 0 Å². The Hall–Kier alpha value is -1.48. The van der Waals surface area contributed by atoms with E-state index < -0.39 is 10.0 Å². The van der Waals surface area contributed by atoms with Crippen LogP contribution in [0.1, 0.15) is 50.5 Å². The third-order valence-electron chi connectivity index (χ3n) is 7.34. The SMILES string of the molecule is O=C(CCc1ccc(S(=O)(=O)N2CCOCC2)cc1)N1CCCN(CC2CCCCC2)CC1. The second kappa shape index (κ2) is 11.8. The number of amides is 1. The molecule has 1 amide bonds. The van der Waals surface area contributed by atoms with E-state index in [1.807, 2.05) is 17.0 Å². The summed E-state index contributed by atoms with van der Waals surface area (Å²) in [5.74, 6) is 1.05. The molecular formula is C25H39N3O4S. The lowest BCUT2D eigenvalue weighted by molar-refractivity contribution is -0.131. The molecule has 0 N–H and O–H groups in total. The molecule has 2 saturated heterocycles. The van der Waals surface area contributed by atoms with Gasteiger partial charge in [0, 0.05) is 45.7 Å². The van der Waals surface area contributed by atoms with E-state index >= 15 is 0 Å². The minimum absolute atomic E-state index is 0.208. The van der Waals surface area contributed by atoms with E-state index in [1.165, 1.54) is 43.0 Å². The van der Waals surface area contributed by atoms with E-state index in [1.54, 1.807) is 12.1 Å². The largest absolute Gasteiger partial charge is 0.379 e. The summed E-state index contributed by atoms with van der Waals surface area (Å²) < 4.78 is 32.3. The van der Waals surface area contributed by atoms with Gasteiger partial charge in [0.05, 0.1) is 18.1 Å². The summed E-state index contributed by atoms with van der Waals surface area (Å²) in [4.78, 5) is 17.7. The lowest BCUT2D eigenvalue weighted by atomic mass is 9.89. The quantitative estimate of drug-likeness (QED) is 0.604. The fourth-order valence-electron chi connectivity index (χ4n) is 5.31. The molecule has 184 valence electrons. The normalized spacial score (nSPS) is 22.2. The summed E-state index contributed by atoms with van der Waals surface area (Å²) in [7, 11) is -3.47. The highest BCUT2D eigenvalue weighted by molar-refractivity contribution is 7.89. The van der Waals surface area contributed by atoms with Gasteiger partial charge in [-0.05, 0) is 55.8 Å². The molecule has 2 heterocycles. The summed E-state index contributed by atoms with van der Waals surface area (Å²) in [5.41, 5.74) is 0.998. The molecule has 33 heavy (non-hydrogen) atoms. The first kappa shape index (κ1) is 24.6. The van der Waals surface area contributed by atoms with Gasteiger partial charge in [-0.15, -0.1) is 0 Å². The molecule has 0 spiro atoms. The number of morpholine rings is 1. The molecule has 0 bridgehead atoms. The van der Waals surface area contributed by atoms with E-state index in [4.69, 9.17) is 4.74 Å². The maximum atomic E-state index is 12.8. The number of hydrogen-bond acceptors (Lipinski definition) is 5. The Labute approximate surface area is 199 Å².